The molecule has 1 atom stereocenters. The first-order valence-electron chi connectivity index (χ1n) is 4.33. The minimum Gasteiger partial charge on any atom is -0.350 e. The van der Waals surface area contributed by atoms with Crippen LogP contribution in [0.3, 0.4) is 0 Å². The molecule has 0 aliphatic carbocycles. The second-order valence-corrected chi connectivity index (χ2v) is 2.92. The Bertz CT molecular complexity index is 211. The lowest BCUT2D eigenvalue weighted by atomic mass is 10.0. The van der Waals surface area contributed by atoms with Crippen molar-refractivity contribution in [3.8, 4) is 0 Å². The molecule has 0 aromatic carbocycles. The van der Waals surface area contributed by atoms with Gasteiger partial charge in [-0.25, -0.2) is 10.2 Å². The molecule has 0 aliphatic rings. The Morgan fingerprint density at radius 1 is 1.77 bits per heavy atom. The van der Waals surface area contributed by atoms with Crippen LogP contribution < -0.4 is 11.2 Å². The minimum atomic E-state index is -0.628. The lowest BCUT2D eigenvalue weighted by molar-refractivity contribution is 0.249. The third-order valence-electron chi connectivity index (χ3n) is 1.69. The number of hydrogen-bond donors (Lipinski definition) is 2. The first-order chi connectivity index (χ1) is 6.10. The molecular weight excluding hydrogens is 166 g/mol. The molecular formula is C9H17N3O. The van der Waals surface area contributed by atoms with Crippen LogP contribution in [-0.2, 0) is 0 Å². The smallest absolute Gasteiger partial charge is 0.332 e. The van der Waals surface area contributed by atoms with E-state index in [1.165, 1.54) is 0 Å². The van der Waals surface area contributed by atoms with Crippen LogP contribution in [0.2, 0.25) is 0 Å². The van der Waals surface area contributed by atoms with Gasteiger partial charge in [-0.05, 0) is 18.8 Å². The zero-order valence-electron chi connectivity index (χ0n) is 8.21. The van der Waals surface area contributed by atoms with Crippen LogP contribution in [0, 0.1) is 5.92 Å². The van der Waals surface area contributed by atoms with Gasteiger partial charge in [0.15, 0.2) is 0 Å². The van der Waals surface area contributed by atoms with Crippen molar-refractivity contribution in [2.45, 2.75) is 26.7 Å². The van der Waals surface area contributed by atoms with Crippen LogP contribution in [0.4, 0.5) is 4.79 Å². The molecule has 0 rings (SSSR count). The van der Waals surface area contributed by atoms with Crippen molar-refractivity contribution in [3.63, 3.8) is 0 Å². The van der Waals surface area contributed by atoms with Crippen LogP contribution >= 0.6 is 0 Å². The van der Waals surface area contributed by atoms with E-state index in [-0.39, 0.29) is 0 Å². The number of rotatable bonds is 5. The third kappa shape index (κ3) is 5.90. The van der Waals surface area contributed by atoms with Gasteiger partial charge >= 0.3 is 6.03 Å². The van der Waals surface area contributed by atoms with E-state index < -0.39 is 6.03 Å². The molecule has 2 amide bonds. The Labute approximate surface area is 78.9 Å². The zero-order chi connectivity index (χ0) is 10.3. The first kappa shape index (κ1) is 11.7. The fourth-order valence-electron chi connectivity index (χ4n) is 0.858. The number of hydrazone groups is 1. The summed E-state index contributed by atoms with van der Waals surface area (Å²) < 4.78 is 0. The molecule has 0 unspecified atom stereocenters. The molecule has 4 nitrogen and oxygen atoms in total. The third-order valence-corrected chi connectivity index (χ3v) is 1.69. The van der Waals surface area contributed by atoms with Crippen LogP contribution in [0.25, 0.3) is 0 Å². The van der Waals surface area contributed by atoms with Crippen molar-refractivity contribution < 1.29 is 4.79 Å². The van der Waals surface area contributed by atoms with Gasteiger partial charge in [0.25, 0.3) is 0 Å². The molecule has 13 heavy (non-hydrogen) atoms. The summed E-state index contributed by atoms with van der Waals surface area (Å²) in [6.07, 6.45) is 3.47. The van der Waals surface area contributed by atoms with Crippen molar-refractivity contribution in [1.29, 1.82) is 0 Å². The molecule has 0 aromatic heterocycles. The number of nitrogens with two attached hydrogens (primary N) is 1. The summed E-state index contributed by atoms with van der Waals surface area (Å²) in [5.41, 5.74) is 8.02. The summed E-state index contributed by atoms with van der Waals surface area (Å²) in [6.45, 7) is 7.70. The van der Waals surface area contributed by atoms with Gasteiger partial charge in [-0.3, -0.25) is 0 Å². The second kappa shape index (κ2) is 6.22. The summed E-state index contributed by atoms with van der Waals surface area (Å²) in [6, 6.07) is -0.628. The Kier molecular flexibility index (Phi) is 5.59. The van der Waals surface area contributed by atoms with E-state index in [0.29, 0.717) is 5.92 Å². The molecule has 74 valence electrons. The van der Waals surface area contributed by atoms with Crippen molar-refractivity contribution >= 4 is 11.7 Å². The largest absolute Gasteiger partial charge is 0.350 e. The van der Waals surface area contributed by atoms with E-state index in [4.69, 9.17) is 5.73 Å². The quantitative estimate of drug-likeness (QED) is 0.379. The fraction of sp³-hybridized carbons (Fsp3) is 0.556. The average molecular weight is 183 g/mol. The zero-order valence-corrected chi connectivity index (χ0v) is 8.21. The van der Waals surface area contributed by atoms with E-state index in [9.17, 15) is 4.79 Å². The lowest BCUT2D eigenvalue weighted by Crippen LogP contribution is -2.26. The van der Waals surface area contributed by atoms with Crippen molar-refractivity contribution in [2.24, 2.45) is 16.8 Å². The van der Waals surface area contributed by atoms with Crippen molar-refractivity contribution in [2.75, 3.05) is 0 Å². The van der Waals surface area contributed by atoms with Gasteiger partial charge in [-0.1, -0.05) is 19.9 Å². The molecule has 0 aliphatic heterocycles. The van der Waals surface area contributed by atoms with Gasteiger partial charge in [-0.2, -0.15) is 5.10 Å². The van der Waals surface area contributed by atoms with Gasteiger partial charge < -0.3 is 5.73 Å². The Morgan fingerprint density at radius 2 is 2.38 bits per heavy atom. The van der Waals surface area contributed by atoms with Crippen LogP contribution in [-0.4, -0.2) is 11.7 Å². The Hall–Kier alpha value is -1.32. The molecule has 0 aromatic rings. The second-order valence-electron chi connectivity index (χ2n) is 2.92. The number of nitrogens with zero attached hydrogens (tertiary/aromatic N) is 1. The lowest BCUT2D eigenvalue weighted by Gasteiger charge is -2.06. The van der Waals surface area contributed by atoms with Gasteiger partial charge in [0.1, 0.15) is 0 Å². The van der Waals surface area contributed by atoms with Crippen LogP contribution in [0.15, 0.2) is 17.8 Å². The number of primary amides is 1. The van der Waals surface area contributed by atoms with Gasteiger partial charge in [0.2, 0.25) is 0 Å². The summed E-state index contributed by atoms with van der Waals surface area (Å²) in [5.74, 6) is 0.369. The minimum absolute atomic E-state index is 0.369. The normalized spacial score (nSPS) is 13.5. The summed E-state index contributed by atoms with van der Waals surface area (Å²) in [4.78, 5) is 10.4. The van der Waals surface area contributed by atoms with Crippen LogP contribution in [0.1, 0.15) is 26.7 Å². The summed E-state index contributed by atoms with van der Waals surface area (Å²) >= 11 is 0. The highest BCUT2D eigenvalue weighted by atomic mass is 16.2. The molecule has 0 saturated heterocycles. The van der Waals surface area contributed by atoms with Crippen molar-refractivity contribution in [3.05, 3.63) is 12.7 Å². The number of allylic oxidation sites excluding steroid dienone is 1. The van der Waals surface area contributed by atoms with E-state index in [1.54, 1.807) is 0 Å². The number of carbonyl (C=O) groups is 1. The molecule has 0 spiro atoms. The Balaban J connectivity index is 4.08. The maximum Gasteiger partial charge on any atom is 0.332 e. The molecule has 4 heteroatoms. The fourth-order valence-corrected chi connectivity index (χ4v) is 0.858. The number of amides is 2. The highest BCUT2D eigenvalue weighted by Gasteiger charge is 2.02. The first-order valence-corrected chi connectivity index (χ1v) is 4.33. The van der Waals surface area contributed by atoms with Crippen molar-refractivity contribution in [1.82, 2.24) is 5.43 Å². The predicted molar refractivity (Wildman–Crippen MR) is 54.4 cm³/mol. The monoisotopic (exact) mass is 183 g/mol. The number of urea groups is 1. The highest BCUT2D eigenvalue weighted by Crippen LogP contribution is 2.05. The van der Waals surface area contributed by atoms with Gasteiger partial charge in [0.05, 0.1) is 0 Å². The Morgan fingerprint density at radius 3 is 2.77 bits per heavy atom. The maximum absolute atomic E-state index is 10.4. The van der Waals surface area contributed by atoms with E-state index >= 15 is 0 Å². The van der Waals surface area contributed by atoms with E-state index in [1.807, 2.05) is 19.9 Å². The average Bonchev–Trinajstić information content (AvgIpc) is 2.11. The SMILES string of the molecule is C=C[C@@H](C)C/C(CC)=N\NC(N)=O. The number of carbonyl (C=O) groups excluding carboxylic acids is 1. The maximum atomic E-state index is 10.4. The van der Waals surface area contributed by atoms with Gasteiger partial charge in [-0.15, -0.1) is 6.58 Å². The highest BCUT2D eigenvalue weighted by molar-refractivity contribution is 5.85. The predicted octanol–water partition coefficient (Wildman–Crippen LogP) is 1.63. The summed E-state index contributed by atoms with van der Waals surface area (Å²) in [7, 11) is 0. The van der Waals surface area contributed by atoms with E-state index in [0.717, 1.165) is 18.6 Å². The molecule has 0 heterocycles. The standard InChI is InChI=1S/C9H17N3O/c1-4-7(3)6-8(5-2)11-12-9(10)13/h4,7H,1,5-6H2,2-3H3,(H3,10,12,13)/b11-8-/t7-/m1/s1. The summed E-state index contributed by atoms with van der Waals surface area (Å²) in [5, 5.41) is 3.87. The molecule has 0 radical (unpaired) electrons. The molecule has 3 N–H and O–H groups in total. The topological polar surface area (TPSA) is 67.5 Å². The van der Waals surface area contributed by atoms with Crippen LogP contribution in [0.5, 0.6) is 0 Å². The van der Waals surface area contributed by atoms with E-state index in [2.05, 4.69) is 17.1 Å². The molecule has 0 saturated carbocycles. The molecule has 0 bridgehead atoms. The number of nitrogens with one attached hydrogen (secondary N) is 1. The van der Waals surface area contributed by atoms with Gasteiger partial charge in [0, 0.05) is 5.71 Å². The molecule has 0 fully saturated rings. The number of hydrogen-bond acceptors (Lipinski definition) is 2.